The first-order valence-corrected chi connectivity index (χ1v) is 9.72. The first-order chi connectivity index (χ1) is 15.1. The molecule has 3 aromatic rings. The van der Waals surface area contributed by atoms with E-state index in [0.717, 1.165) is 16.7 Å². The van der Waals surface area contributed by atoms with E-state index in [2.05, 4.69) is 10.6 Å². The van der Waals surface area contributed by atoms with Crippen LogP contribution in [0.1, 0.15) is 5.56 Å². The average molecular weight is 414 g/mol. The minimum absolute atomic E-state index is 0.322. The lowest BCUT2D eigenvalue weighted by atomic mass is 10.1. The van der Waals surface area contributed by atoms with Crippen molar-refractivity contribution in [3.05, 3.63) is 96.6 Å². The summed E-state index contributed by atoms with van der Waals surface area (Å²) in [4.78, 5) is 35.5. The predicted octanol–water partition coefficient (Wildman–Crippen LogP) is 3.66. The van der Waals surface area contributed by atoms with Crippen molar-refractivity contribution in [3.63, 3.8) is 0 Å². The number of rotatable bonds is 8. The summed E-state index contributed by atoms with van der Waals surface area (Å²) in [6, 6.07) is 26.5. The van der Waals surface area contributed by atoms with E-state index in [1.807, 2.05) is 72.8 Å². The number of amides is 2. The molecule has 0 atom stereocenters. The van der Waals surface area contributed by atoms with Crippen molar-refractivity contribution >= 4 is 29.5 Å². The number of benzene rings is 3. The van der Waals surface area contributed by atoms with Crippen LogP contribution in [0, 0.1) is 0 Å². The number of carbonyl (C=O) groups excluding carboxylic acids is 3. The van der Waals surface area contributed by atoms with Crippen LogP contribution in [-0.2, 0) is 19.1 Å². The highest BCUT2D eigenvalue weighted by Crippen LogP contribution is 2.20. The normalized spacial score (nSPS) is 10.5. The summed E-state index contributed by atoms with van der Waals surface area (Å²) in [5.74, 6) is -1.59. The number of ether oxygens (including phenoxy) is 1. The Morgan fingerprint density at radius 3 is 2.06 bits per heavy atom. The van der Waals surface area contributed by atoms with Gasteiger partial charge in [0, 0.05) is 11.8 Å². The van der Waals surface area contributed by atoms with Gasteiger partial charge >= 0.3 is 5.97 Å². The molecule has 6 nitrogen and oxygen atoms in total. The smallest absolute Gasteiger partial charge is 0.325 e. The lowest BCUT2D eigenvalue weighted by Gasteiger charge is -2.08. The maximum atomic E-state index is 12.0. The summed E-state index contributed by atoms with van der Waals surface area (Å²) in [6.07, 6.45) is 2.96. The van der Waals surface area contributed by atoms with Crippen LogP contribution in [0.2, 0.25) is 0 Å². The third-order valence-corrected chi connectivity index (χ3v) is 4.27. The predicted molar refractivity (Wildman–Crippen MR) is 120 cm³/mol. The molecule has 156 valence electrons. The Kier molecular flexibility index (Phi) is 7.71. The molecule has 0 saturated carbocycles. The van der Waals surface area contributed by atoms with Crippen molar-refractivity contribution in [1.82, 2.24) is 5.32 Å². The molecule has 3 aromatic carbocycles. The fraction of sp³-hybridized carbons (Fsp3) is 0.0800. The van der Waals surface area contributed by atoms with Crippen LogP contribution < -0.4 is 10.6 Å². The molecule has 0 aromatic heterocycles. The standard InChI is InChI=1S/C25H22N2O4/c28-23(16-11-19-7-3-1-4-8-19)26-17-25(30)31-18-24(29)27-22-14-12-21(13-15-22)20-9-5-2-6-10-20/h1-16H,17-18H2,(H,26,28)(H,27,29)/b16-11+. The van der Waals surface area contributed by atoms with E-state index in [-0.39, 0.29) is 6.54 Å². The molecule has 0 aliphatic heterocycles. The Bertz CT molecular complexity index is 1050. The Labute approximate surface area is 180 Å². The molecule has 2 N–H and O–H groups in total. The van der Waals surface area contributed by atoms with Crippen LogP contribution in [0.15, 0.2) is 91.0 Å². The van der Waals surface area contributed by atoms with Gasteiger partial charge in [0.15, 0.2) is 6.61 Å². The van der Waals surface area contributed by atoms with Gasteiger partial charge in [-0.25, -0.2) is 0 Å². The Morgan fingerprint density at radius 1 is 0.774 bits per heavy atom. The minimum atomic E-state index is -0.698. The van der Waals surface area contributed by atoms with E-state index < -0.39 is 24.4 Å². The molecule has 31 heavy (non-hydrogen) atoms. The summed E-state index contributed by atoms with van der Waals surface area (Å²) in [5, 5.41) is 5.08. The lowest BCUT2D eigenvalue weighted by molar-refractivity contribution is -0.146. The number of hydrogen-bond acceptors (Lipinski definition) is 4. The molecule has 0 saturated heterocycles. The topological polar surface area (TPSA) is 84.5 Å². The van der Waals surface area contributed by atoms with Gasteiger partial charge in [0.1, 0.15) is 6.54 Å². The van der Waals surface area contributed by atoms with Gasteiger partial charge in [0.05, 0.1) is 0 Å². The Hall–Kier alpha value is -4.19. The molecule has 0 radical (unpaired) electrons. The van der Waals surface area contributed by atoms with Crippen LogP contribution in [0.5, 0.6) is 0 Å². The zero-order valence-electron chi connectivity index (χ0n) is 16.8. The number of esters is 1. The van der Waals surface area contributed by atoms with Crippen LogP contribution in [0.25, 0.3) is 17.2 Å². The summed E-state index contributed by atoms with van der Waals surface area (Å²) >= 11 is 0. The number of hydrogen-bond donors (Lipinski definition) is 2. The van der Waals surface area contributed by atoms with Gasteiger partial charge in [-0.05, 0) is 34.9 Å². The molecule has 0 spiro atoms. The minimum Gasteiger partial charge on any atom is -0.454 e. The van der Waals surface area contributed by atoms with Crippen molar-refractivity contribution in [2.45, 2.75) is 0 Å². The first-order valence-electron chi connectivity index (χ1n) is 9.72. The van der Waals surface area contributed by atoms with Crippen LogP contribution in [0.4, 0.5) is 5.69 Å². The fourth-order valence-corrected chi connectivity index (χ4v) is 2.73. The van der Waals surface area contributed by atoms with Gasteiger partial charge in [0.2, 0.25) is 5.91 Å². The largest absolute Gasteiger partial charge is 0.454 e. The highest BCUT2D eigenvalue weighted by atomic mass is 16.5. The van der Waals surface area contributed by atoms with Gasteiger partial charge in [-0.3, -0.25) is 14.4 Å². The molecular weight excluding hydrogens is 392 g/mol. The van der Waals surface area contributed by atoms with Gasteiger partial charge < -0.3 is 15.4 Å². The van der Waals surface area contributed by atoms with E-state index in [9.17, 15) is 14.4 Å². The highest BCUT2D eigenvalue weighted by molar-refractivity contribution is 5.95. The van der Waals surface area contributed by atoms with Crippen molar-refractivity contribution < 1.29 is 19.1 Å². The second-order valence-electron chi connectivity index (χ2n) is 6.61. The molecule has 2 amide bonds. The van der Waals surface area contributed by atoms with Crippen LogP contribution >= 0.6 is 0 Å². The first kappa shape index (κ1) is 21.5. The maximum absolute atomic E-state index is 12.0. The second-order valence-corrected chi connectivity index (χ2v) is 6.61. The maximum Gasteiger partial charge on any atom is 0.325 e. The number of nitrogens with one attached hydrogen (secondary N) is 2. The Balaban J connectivity index is 1.37. The average Bonchev–Trinajstić information content (AvgIpc) is 2.82. The molecule has 0 bridgehead atoms. The SMILES string of the molecule is O=C(/C=C/c1ccccc1)NCC(=O)OCC(=O)Nc1ccc(-c2ccccc2)cc1. The third kappa shape index (κ3) is 7.29. The quantitative estimate of drug-likeness (QED) is 0.435. The summed E-state index contributed by atoms with van der Waals surface area (Å²) in [6.45, 7) is -0.758. The van der Waals surface area contributed by atoms with Crippen molar-refractivity contribution in [3.8, 4) is 11.1 Å². The monoisotopic (exact) mass is 414 g/mol. The van der Waals surface area contributed by atoms with Crippen molar-refractivity contribution in [2.75, 3.05) is 18.5 Å². The second kappa shape index (κ2) is 11.1. The van der Waals surface area contributed by atoms with Crippen LogP contribution in [0.3, 0.4) is 0 Å². The Morgan fingerprint density at radius 2 is 1.39 bits per heavy atom. The van der Waals surface area contributed by atoms with Gasteiger partial charge in [-0.1, -0.05) is 72.8 Å². The van der Waals surface area contributed by atoms with Crippen LogP contribution in [-0.4, -0.2) is 30.9 Å². The molecule has 0 aliphatic rings. The highest BCUT2D eigenvalue weighted by Gasteiger charge is 2.09. The number of anilines is 1. The summed E-state index contributed by atoms with van der Waals surface area (Å²) < 4.78 is 4.89. The van der Waals surface area contributed by atoms with Crippen molar-refractivity contribution in [2.24, 2.45) is 0 Å². The number of carbonyl (C=O) groups is 3. The van der Waals surface area contributed by atoms with E-state index in [0.29, 0.717) is 5.69 Å². The summed E-state index contributed by atoms with van der Waals surface area (Å²) in [5.41, 5.74) is 3.57. The van der Waals surface area contributed by atoms with E-state index >= 15 is 0 Å². The molecule has 0 unspecified atom stereocenters. The zero-order valence-corrected chi connectivity index (χ0v) is 16.8. The van der Waals surface area contributed by atoms with Gasteiger partial charge in [-0.15, -0.1) is 0 Å². The summed E-state index contributed by atoms with van der Waals surface area (Å²) in [7, 11) is 0. The van der Waals surface area contributed by atoms with E-state index in [1.54, 1.807) is 18.2 Å². The van der Waals surface area contributed by atoms with E-state index in [1.165, 1.54) is 6.08 Å². The molecule has 6 heteroatoms. The molecule has 0 fully saturated rings. The molecule has 0 aliphatic carbocycles. The molecule has 3 rings (SSSR count). The molecular formula is C25H22N2O4. The lowest BCUT2D eigenvalue weighted by Crippen LogP contribution is -2.31. The zero-order chi connectivity index (χ0) is 21.9. The fourth-order valence-electron chi connectivity index (χ4n) is 2.73. The third-order valence-electron chi connectivity index (χ3n) is 4.27. The van der Waals surface area contributed by atoms with Gasteiger partial charge in [0.25, 0.3) is 5.91 Å². The van der Waals surface area contributed by atoms with Gasteiger partial charge in [-0.2, -0.15) is 0 Å². The van der Waals surface area contributed by atoms with E-state index in [4.69, 9.17) is 4.74 Å². The van der Waals surface area contributed by atoms with Crippen molar-refractivity contribution in [1.29, 1.82) is 0 Å². The molecule has 0 heterocycles.